The maximum Gasteiger partial charge on any atom is 0.0668 e. The molecule has 0 saturated carbocycles. The molecule has 0 aliphatic carbocycles. The van der Waals surface area contributed by atoms with E-state index in [4.69, 9.17) is 11.6 Å². The molecule has 1 aromatic heterocycles. The van der Waals surface area contributed by atoms with Gasteiger partial charge in [0.25, 0.3) is 0 Å². The zero-order valence-corrected chi connectivity index (χ0v) is 8.43. The molecule has 0 radical (unpaired) electrons. The summed E-state index contributed by atoms with van der Waals surface area (Å²) in [6, 6.07) is 5.91. The van der Waals surface area contributed by atoms with E-state index in [0.717, 1.165) is 15.2 Å². The molecule has 0 aliphatic heterocycles. The Morgan fingerprint density at radius 2 is 2.00 bits per heavy atom. The van der Waals surface area contributed by atoms with Crippen LogP contribution >= 0.6 is 27.5 Å². The van der Waals surface area contributed by atoms with E-state index in [1.54, 1.807) is 12.4 Å². The van der Waals surface area contributed by atoms with E-state index < -0.39 is 0 Å². The van der Waals surface area contributed by atoms with Gasteiger partial charge in [0.15, 0.2) is 0 Å². The molecule has 1 aromatic carbocycles. The van der Waals surface area contributed by atoms with Gasteiger partial charge in [-0.2, -0.15) is 0 Å². The summed E-state index contributed by atoms with van der Waals surface area (Å²) in [5.74, 6) is 0. The average Bonchev–Trinajstić information content (AvgIpc) is 2.07. The van der Waals surface area contributed by atoms with Gasteiger partial charge in [-0.25, -0.2) is 0 Å². The van der Waals surface area contributed by atoms with E-state index in [2.05, 4.69) is 20.9 Å². The quantitative estimate of drug-likeness (QED) is 0.687. The van der Waals surface area contributed by atoms with Gasteiger partial charge >= 0.3 is 0 Å². The second kappa shape index (κ2) is 3.04. The molecule has 0 atom stereocenters. The highest BCUT2D eigenvalue weighted by Crippen LogP contribution is 2.27. The normalized spacial score (nSPS) is 10.5. The Labute approximate surface area is 83.5 Å². The number of hydrogen-bond acceptors (Lipinski definition) is 1. The topological polar surface area (TPSA) is 12.9 Å². The molecule has 0 spiro atoms. The molecule has 12 heavy (non-hydrogen) atoms. The third-order valence-electron chi connectivity index (χ3n) is 1.70. The fraction of sp³-hybridized carbons (Fsp3) is 0. The summed E-state index contributed by atoms with van der Waals surface area (Å²) in [6.45, 7) is 0. The number of rotatable bonds is 0. The Balaban J connectivity index is 2.94. The molecular formula is C9H5BrClN. The molecule has 3 heteroatoms. The van der Waals surface area contributed by atoms with Gasteiger partial charge in [-0.3, -0.25) is 4.98 Å². The minimum atomic E-state index is 0.689. The molecule has 2 rings (SSSR count). The predicted octanol–water partition coefficient (Wildman–Crippen LogP) is 3.65. The number of benzene rings is 1. The summed E-state index contributed by atoms with van der Waals surface area (Å²) in [5, 5.41) is 2.76. The third kappa shape index (κ3) is 1.21. The van der Waals surface area contributed by atoms with Crippen molar-refractivity contribution >= 4 is 38.3 Å². The van der Waals surface area contributed by atoms with Crippen molar-refractivity contribution in [2.24, 2.45) is 0 Å². The molecule has 0 bridgehead atoms. The minimum absolute atomic E-state index is 0.689. The lowest BCUT2D eigenvalue weighted by atomic mass is 10.2. The first-order valence-electron chi connectivity index (χ1n) is 3.47. The Morgan fingerprint density at radius 1 is 1.17 bits per heavy atom. The van der Waals surface area contributed by atoms with Crippen LogP contribution in [0.15, 0.2) is 35.1 Å². The van der Waals surface area contributed by atoms with Gasteiger partial charge in [-0.1, -0.05) is 39.7 Å². The van der Waals surface area contributed by atoms with Crippen molar-refractivity contribution in [3.05, 3.63) is 40.1 Å². The van der Waals surface area contributed by atoms with Crippen LogP contribution in [0, 0.1) is 0 Å². The summed E-state index contributed by atoms with van der Waals surface area (Å²) in [4.78, 5) is 4.01. The van der Waals surface area contributed by atoms with Crippen molar-refractivity contribution in [2.45, 2.75) is 0 Å². The zero-order valence-electron chi connectivity index (χ0n) is 6.09. The van der Waals surface area contributed by atoms with E-state index in [-0.39, 0.29) is 0 Å². The van der Waals surface area contributed by atoms with Gasteiger partial charge in [0.1, 0.15) is 0 Å². The Bertz CT molecular complexity index is 387. The lowest BCUT2D eigenvalue weighted by Crippen LogP contribution is -1.77. The predicted molar refractivity (Wildman–Crippen MR) is 54.5 cm³/mol. The molecule has 0 aliphatic rings. The van der Waals surface area contributed by atoms with Gasteiger partial charge < -0.3 is 0 Å². The van der Waals surface area contributed by atoms with E-state index in [1.165, 1.54) is 0 Å². The van der Waals surface area contributed by atoms with E-state index in [0.29, 0.717) is 5.02 Å². The van der Waals surface area contributed by atoms with Crippen molar-refractivity contribution in [1.29, 1.82) is 0 Å². The van der Waals surface area contributed by atoms with Gasteiger partial charge in [-0.05, 0) is 6.07 Å². The maximum atomic E-state index is 5.95. The van der Waals surface area contributed by atoms with Gasteiger partial charge in [0.2, 0.25) is 0 Å². The van der Waals surface area contributed by atoms with Crippen LogP contribution < -0.4 is 0 Å². The molecule has 0 unspecified atom stereocenters. The molecule has 0 saturated heterocycles. The monoisotopic (exact) mass is 241 g/mol. The molecule has 1 heterocycles. The van der Waals surface area contributed by atoms with Crippen LogP contribution in [0.4, 0.5) is 0 Å². The molecule has 0 amide bonds. The van der Waals surface area contributed by atoms with Crippen LogP contribution in [-0.2, 0) is 0 Å². The average molecular weight is 243 g/mol. The number of nitrogens with zero attached hydrogens (tertiary/aromatic N) is 1. The highest BCUT2D eigenvalue weighted by atomic mass is 79.9. The molecule has 0 fully saturated rings. The smallest absolute Gasteiger partial charge is 0.0668 e. The summed E-state index contributed by atoms with van der Waals surface area (Å²) in [7, 11) is 0. The summed E-state index contributed by atoms with van der Waals surface area (Å²) in [5.41, 5.74) is 0. The highest BCUT2D eigenvalue weighted by molar-refractivity contribution is 9.10. The number of pyridine rings is 1. The van der Waals surface area contributed by atoms with Crippen LogP contribution in [0.2, 0.25) is 5.02 Å². The summed E-state index contributed by atoms with van der Waals surface area (Å²) < 4.78 is 1.02. The molecule has 1 nitrogen and oxygen atoms in total. The standard InChI is InChI=1S/C9H5BrClN/c10-8-3-1-2-6-7(8)4-12-5-9(6)11/h1-5H. The third-order valence-corrected chi connectivity index (χ3v) is 2.69. The van der Waals surface area contributed by atoms with Crippen LogP contribution in [0.5, 0.6) is 0 Å². The van der Waals surface area contributed by atoms with Crippen LogP contribution in [0.1, 0.15) is 0 Å². The Morgan fingerprint density at radius 3 is 2.75 bits per heavy atom. The lowest BCUT2D eigenvalue weighted by molar-refractivity contribution is 1.36. The van der Waals surface area contributed by atoms with Gasteiger partial charge in [0, 0.05) is 27.6 Å². The van der Waals surface area contributed by atoms with E-state index in [9.17, 15) is 0 Å². The maximum absolute atomic E-state index is 5.95. The van der Waals surface area contributed by atoms with Gasteiger partial charge in [-0.15, -0.1) is 0 Å². The van der Waals surface area contributed by atoms with Crippen molar-refractivity contribution in [2.75, 3.05) is 0 Å². The van der Waals surface area contributed by atoms with Crippen molar-refractivity contribution in [1.82, 2.24) is 4.98 Å². The summed E-state index contributed by atoms with van der Waals surface area (Å²) in [6.07, 6.45) is 3.45. The molecule has 2 aromatic rings. The number of fused-ring (bicyclic) bond motifs is 1. The fourth-order valence-corrected chi connectivity index (χ4v) is 1.81. The first-order chi connectivity index (χ1) is 5.79. The van der Waals surface area contributed by atoms with Gasteiger partial charge in [0.05, 0.1) is 5.02 Å². The van der Waals surface area contributed by atoms with E-state index in [1.807, 2.05) is 18.2 Å². The van der Waals surface area contributed by atoms with Crippen molar-refractivity contribution < 1.29 is 0 Å². The Hall–Kier alpha value is -0.600. The Kier molecular flexibility index (Phi) is 2.03. The largest absolute Gasteiger partial charge is 0.262 e. The highest BCUT2D eigenvalue weighted by Gasteiger charge is 2.00. The fourth-order valence-electron chi connectivity index (χ4n) is 1.12. The number of aromatic nitrogens is 1. The molecule has 0 N–H and O–H groups in total. The molecule has 60 valence electrons. The number of halogens is 2. The minimum Gasteiger partial charge on any atom is -0.262 e. The summed E-state index contributed by atoms with van der Waals surface area (Å²) >= 11 is 9.38. The van der Waals surface area contributed by atoms with Crippen LogP contribution in [0.25, 0.3) is 10.8 Å². The van der Waals surface area contributed by atoms with E-state index >= 15 is 0 Å². The van der Waals surface area contributed by atoms with Crippen LogP contribution in [0.3, 0.4) is 0 Å². The second-order valence-corrected chi connectivity index (χ2v) is 3.72. The lowest BCUT2D eigenvalue weighted by Gasteiger charge is -2.00. The number of hydrogen-bond donors (Lipinski definition) is 0. The zero-order chi connectivity index (χ0) is 8.55. The van der Waals surface area contributed by atoms with Crippen LogP contribution in [-0.4, -0.2) is 4.98 Å². The molecular weight excluding hydrogens is 237 g/mol. The first kappa shape index (κ1) is 8.02. The second-order valence-electron chi connectivity index (χ2n) is 2.46. The van der Waals surface area contributed by atoms with Crippen molar-refractivity contribution in [3.63, 3.8) is 0 Å². The van der Waals surface area contributed by atoms with Crippen molar-refractivity contribution in [3.8, 4) is 0 Å². The first-order valence-corrected chi connectivity index (χ1v) is 4.64. The SMILES string of the molecule is Clc1cncc2c(Br)cccc12.